The number of nitrogens with one attached hydrogen (secondary N) is 2. The highest BCUT2D eigenvalue weighted by atomic mass is 16.5. The molecule has 0 unspecified atom stereocenters. The number of para-hydroxylation sites is 2. The number of carbonyl (C=O) groups excluding carboxylic acids is 1. The van der Waals surface area contributed by atoms with Crippen molar-refractivity contribution in [2.75, 3.05) is 32.1 Å². The van der Waals surface area contributed by atoms with E-state index in [4.69, 9.17) is 9.72 Å². The summed E-state index contributed by atoms with van der Waals surface area (Å²) in [5.41, 5.74) is 3.43. The highest BCUT2D eigenvalue weighted by molar-refractivity contribution is 5.95. The number of fused-ring (bicyclic) bond motifs is 1. The van der Waals surface area contributed by atoms with Gasteiger partial charge in [-0.2, -0.15) is 0 Å². The lowest BCUT2D eigenvalue weighted by Gasteiger charge is -2.35. The maximum atomic E-state index is 13.0. The summed E-state index contributed by atoms with van der Waals surface area (Å²) < 4.78 is 7.45. The summed E-state index contributed by atoms with van der Waals surface area (Å²) in [4.78, 5) is 17.7. The van der Waals surface area contributed by atoms with E-state index < -0.39 is 5.41 Å². The van der Waals surface area contributed by atoms with Crippen molar-refractivity contribution in [2.24, 2.45) is 12.5 Å². The Morgan fingerprint density at radius 1 is 1.18 bits per heavy atom. The smallest absolute Gasteiger partial charge is 0.233 e. The Balaban J connectivity index is 1.54. The van der Waals surface area contributed by atoms with Gasteiger partial charge in [-0.1, -0.05) is 12.1 Å². The van der Waals surface area contributed by atoms with Crippen molar-refractivity contribution in [3.8, 4) is 11.4 Å². The van der Waals surface area contributed by atoms with Gasteiger partial charge in [0.05, 0.1) is 23.1 Å². The summed E-state index contributed by atoms with van der Waals surface area (Å²) in [6.45, 7) is 2.11. The first-order valence-electron chi connectivity index (χ1n) is 9.66. The number of amides is 1. The molecule has 1 saturated heterocycles. The van der Waals surface area contributed by atoms with Crippen molar-refractivity contribution in [1.82, 2.24) is 14.9 Å². The lowest BCUT2D eigenvalue weighted by molar-refractivity contribution is -0.130. The minimum atomic E-state index is -0.462. The number of piperidine rings is 1. The average Bonchev–Trinajstić information content (AvgIpc) is 3.06. The second kappa shape index (κ2) is 7.73. The number of aryl methyl sites for hydroxylation is 1. The number of hydrogen-bond donors (Lipinski definition) is 2. The van der Waals surface area contributed by atoms with Gasteiger partial charge in [-0.15, -0.1) is 0 Å². The van der Waals surface area contributed by atoms with Crippen molar-refractivity contribution >= 4 is 22.6 Å². The van der Waals surface area contributed by atoms with Crippen LogP contribution in [0.2, 0.25) is 0 Å². The first-order chi connectivity index (χ1) is 13.6. The minimum Gasteiger partial charge on any atom is -0.384 e. The summed E-state index contributed by atoms with van der Waals surface area (Å²) >= 11 is 0. The molecule has 28 heavy (non-hydrogen) atoms. The third-order valence-corrected chi connectivity index (χ3v) is 5.65. The highest BCUT2D eigenvalue weighted by Crippen LogP contribution is 2.31. The van der Waals surface area contributed by atoms with Crippen LogP contribution in [-0.2, 0) is 16.6 Å². The number of rotatable bonds is 5. The Hall–Kier alpha value is -2.70. The Labute approximate surface area is 164 Å². The van der Waals surface area contributed by atoms with Crippen LogP contribution in [0.25, 0.3) is 22.4 Å². The summed E-state index contributed by atoms with van der Waals surface area (Å²) in [5, 5.41) is 6.40. The SMILES string of the molecule is COCC1(C(=O)Nc2ccc(-c3nc4ccccc4n3C)cc2)CCNCC1. The number of nitrogens with zero attached hydrogens (tertiary/aromatic N) is 2. The van der Waals surface area contributed by atoms with Crippen molar-refractivity contribution < 1.29 is 9.53 Å². The van der Waals surface area contributed by atoms with Gasteiger partial charge in [0.2, 0.25) is 5.91 Å². The van der Waals surface area contributed by atoms with Crippen LogP contribution in [-0.4, -0.2) is 42.3 Å². The first-order valence-corrected chi connectivity index (χ1v) is 9.66. The zero-order chi connectivity index (χ0) is 19.6. The Morgan fingerprint density at radius 3 is 2.57 bits per heavy atom. The topological polar surface area (TPSA) is 68.2 Å². The second-order valence-corrected chi connectivity index (χ2v) is 7.48. The molecule has 0 bridgehead atoms. The molecule has 0 aliphatic carbocycles. The van der Waals surface area contributed by atoms with Gasteiger partial charge in [-0.25, -0.2) is 4.98 Å². The molecular weight excluding hydrogens is 352 g/mol. The number of carbonyl (C=O) groups is 1. The van der Waals surface area contributed by atoms with Crippen molar-refractivity contribution in [3.63, 3.8) is 0 Å². The van der Waals surface area contributed by atoms with E-state index in [0.717, 1.165) is 54.0 Å². The number of methoxy groups -OCH3 is 1. The van der Waals surface area contributed by atoms with Crippen LogP contribution < -0.4 is 10.6 Å². The van der Waals surface area contributed by atoms with E-state index in [9.17, 15) is 4.79 Å². The molecule has 3 aromatic rings. The van der Waals surface area contributed by atoms with Crippen LogP contribution in [0.15, 0.2) is 48.5 Å². The molecule has 6 heteroatoms. The molecule has 146 valence electrons. The van der Waals surface area contributed by atoms with E-state index in [0.29, 0.717) is 6.61 Å². The molecule has 2 aromatic carbocycles. The number of benzene rings is 2. The predicted octanol–water partition coefficient (Wildman–Crippen LogP) is 3.20. The van der Waals surface area contributed by atoms with Crippen LogP contribution in [0, 0.1) is 5.41 Å². The molecule has 1 fully saturated rings. The van der Waals surface area contributed by atoms with Crippen LogP contribution in [0.1, 0.15) is 12.8 Å². The fourth-order valence-corrected chi connectivity index (χ4v) is 3.99. The van der Waals surface area contributed by atoms with Gasteiger partial charge in [0, 0.05) is 25.4 Å². The number of aromatic nitrogens is 2. The number of hydrogen-bond acceptors (Lipinski definition) is 4. The fourth-order valence-electron chi connectivity index (χ4n) is 3.99. The molecule has 0 spiro atoms. The van der Waals surface area contributed by atoms with Gasteiger partial charge in [-0.05, 0) is 62.3 Å². The molecule has 1 aliphatic heterocycles. The Bertz CT molecular complexity index is 966. The normalized spacial score (nSPS) is 16.2. The third-order valence-electron chi connectivity index (χ3n) is 5.65. The van der Waals surface area contributed by atoms with Gasteiger partial charge in [0.1, 0.15) is 5.82 Å². The molecule has 1 aliphatic rings. The van der Waals surface area contributed by atoms with Crippen molar-refractivity contribution in [3.05, 3.63) is 48.5 Å². The van der Waals surface area contributed by atoms with Gasteiger partial charge in [0.25, 0.3) is 0 Å². The quantitative estimate of drug-likeness (QED) is 0.715. The number of imidazole rings is 1. The van der Waals surface area contributed by atoms with Gasteiger partial charge in [0.15, 0.2) is 0 Å². The summed E-state index contributed by atoms with van der Waals surface area (Å²) in [5.74, 6) is 0.944. The number of anilines is 1. The average molecular weight is 378 g/mol. The first kappa shape index (κ1) is 18.7. The zero-order valence-electron chi connectivity index (χ0n) is 16.4. The lowest BCUT2D eigenvalue weighted by atomic mass is 9.78. The third kappa shape index (κ3) is 3.41. The largest absolute Gasteiger partial charge is 0.384 e. The molecule has 0 saturated carbocycles. The maximum Gasteiger partial charge on any atom is 0.233 e. The van der Waals surface area contributed by atoms with E-state index in [-0.39, 0.29) is 5.91 Å². The molecule has 0 radical (unpaired) electrons. The molecule has 6 nitrogen and oxygen atoms in total. The maximum absolute atomic E-state index is 13.0. The van der Waals surface area contributed by atoms with Crippen LogP contribution in [0.3, 0.4) is 0 Å². The minimum absolute atomic E-state index is 0.0336. The molecule has 1 aromatic heterocycles. The molecule has 1 amide bonds. The highest BCUT2D eigenvalue weighted by Gasteiger charge is 2.39. The number of ether oxygens (including phenoxy) is 1. The van der Waals surface area contributed by atoms with E-state index in [1.807, 2.05) is 49.5 Å². The summed E-state index contributed by atoms with van der Waals surface area (Å²) in [6, 6.07) is 16.0. The van der Waals surface area contributed by atoms with E-state index in [1.54, 1.807) is 7.11 Å². The molecule has 0 atom stereocenters. The van der Waals surface area contributed by atoms with E-state index in [2.05, 4.69) is 21.3 Å². The second-order valence-electron chi connectivity index (χ2n) is 7.48. The van der Waals surface area contributed by atoms with E-state index >= 15 is 0 Å². The predicted molar refractivity (Wildman–Crippen MR) is 111 cm³/mol. The molecular formula is C22H26N4O2. The Morgan fingerprint density at radius 2 is 1.89 bits per heavy atom. The van der Waals surface area contributed by atoms with Gasteiger partial charge in [-0.3, -0.25) is 4.79 Å². The fraction of sp³-hybridized carbons (Fsp3) is 0.364. The standard InChI is InChI=1S/C22H26N4O2/c1-26-19-6-4-3-5-18(19)25-20(26)16-7-9-17(10-8-16)24-21(27)22(15-28-2)11-13-23-14-12-22/h3-10,23H,11-15H2,1-2H3,(H,24,27). The zero-order valence-corrected chi connectivity index (χ0v) is 16.4. The molecule has 4 rings (SSSR count). The van der Waals surface area contributed by atoms with Crippen LogP contribution >= 0.6 is 0 Å². The van der Waals surface area contributed by atoms with Crippen LogP contribution in [0.4, 0.5) is 5.69 Å². The molecule has 2 heterocycles. The van der Waals surface area contributed by atoms with Gasteiger partial charge >= 0.3 is 0 Å². The van der Waals surface area contributed by atoms with Crippen molar-refractivity contribution in [1.29, 1.82) is 0 Å². The summed E-state index contributed by atoms with van der Waals surface area (Å²) in [7, 11) is 3.68. The Kier molecular flexibility index (Phi) is 5.15. The monoisotopic (exact) mass is 378 g/mol. The van der Waals surface area contributed by atoms with E-state index in [1.165, 1.54) is 0 Å². The summed E-state index contributed by atoms with van der Waals surface area (Å²) in [6.07, 6.45) is 1.56. The van der Waals surface area contributed by atoms with Crippen LogP contribution in [0.5, 0.6) is 0 Å². The lowest BCUT2D eigenvalue weighted by Crippen LogP contribution is -2.47. The molecule has 2 N–H and O–H groups in total. The van der Waals surface area contributed by atoms with Gasteiger partial charge < -0.3 is 19.9 Å². The van der Waals surface area contributed by atoms with Crippen molar-refractivity contribution in [2.45, 2.75) is 12.8 Å².